The summed E-state index contributed by atoms with van der Waals surface area (Å²) in [4.78, 5) is 12.0. The Morgan fingerprint density at radius 3 is 2.74 bits per heavy atom. The molecule has 1 aliphatic carbocycles. The van der Waals surface area contributed by atoms with Crippen LogP contribution in [0.5, 0.6) is 5.75 Å². The Hall–Kier alpha value is -2.61. The van der Waals surface area contributed by atoms with Crippen LogP contribution in [-0.2, 0) is 16.9 Å². The molecule has 1 aromatic heterocycles. The van der Waals surface area contributed by atoms with Crippen LogP contribution in [0, 0.1) is 0 Å². The molecule has 8 heteroatoms. The first-order chi connectivity index (χ1) is 12.8. The first kappa shape index (κ1) is 19.2. The minimum Gasteiger partial charge on any atom is -0.497 e. The van der Waals surface area contributed by atoms with E-state index in [1.807, 2.05) is 38.1 Å². The number of aliphatic hydroxyl groups is 1. The predicted molar refractivity (Wildman–Crippen MR) is 98.4 cm³/mol. The minimum atomic E-state index is -1.08. The van der Waals surface area contributed by atoms with Gasteiger partial charge in [0, 0.05) is 6.04 Å². The van der Waals surface area contributed by atoms with Crippen LogP contribution in [0.25, 0.3) is 0 Å². The molecule has 0 saturated carbocycles. The molecule has 0 unspecified atom stereocenters. The van der Waals surface area contributed by atoms with Crippen LogP contribution in [0.4, 0.5) is 4.79 Å². The van der Waals surface area contributed by atoms with Gasteiger partial charge in [0.2, 0.25) is 0 Å². The number of nitrogens with one attached hydrogen (secondary N) is 1. The number of alkyl carbamates (subject to hydrolysis) is 1. The fraction of sp³-hybridized carbons (Fsp3) is 0.526. The number of methoxy groups -OCH3 is 1. The molecule has 2 N–H and O–H groups in total. The predicted octanol–water partition coefficient (Wildman–Crippen LogP) is 2.51. The molecule has 0 radical (unpaired) electrons. The van der Waals surface area contributed by atoms with Crippen LogP contribution in [0.3, 0.4) is 0 Å². The third-order valence-electron chi connectivity index (χ3n) is 4.62. The van der Waals surface area contributed by atoms with Crippen LogP contribution in [-0.4, -0.2) is 39.3 Å². The number of hydrogen-bond acceptors (Lipinski definition) is 6. The zero-order valence-electron chi connectivity index (χ0n) is 16.1. The van der Waals surface area contributed by atoms with Crippen molar-refractivity contribution in [3.63, 3.8) is 0 Å². The molecular weight excluding hydrogens is 348 g/mol. The number of carbonyl (C=O) groups is 1. The second kappa shape index (κ2) is 7.56. The highest BCUT2D eigenvalue weighted by Crippen LogP contribution is 2.40. The van der Waals surface area contributed by atoms with Crippen molar-refractivity contribution in [1.82, 2.24) is 20.3 Å². The molecule has 8 nitrogen and oxygen atoms in total. The number of aromatic nitrogens is 3. The average Bonchev–Trinajstić information content (AvgIpc) is 3.03. The van der Waals surface area contributed by atoms with Crippen LogP contribution in [0.15, 0.2) is 24.3 Å². The number of rotatable bonds is 5. The Morgan fingerprint density at radius 1 is 1.41 bits per heavy atom. The van der Waals surface area contributed by atoms with Gasteiger partial charge >= 0.3 is 6.09 Å². The maximum absolute atomic E-state index is 12.0. The Labute approximate surface area is 158 Å². The van der Waals surface area contributed by atoms with E-state index in [0.29, 0.717) is 30.8 Å². The number of carbonyl (C=O) groups excluding carboxylic acids is 1. The quantitative estimate of drug-likeness (QED) is 0.834. The van der Waals surface area contributed by atoms with Gasteiger partial charge in [0.25, 0.3) is 0 Å². The van der Waals surface area contributed by atoms with Crippen LogP contribution < -0.4 is 10.1 Å². The highest BCUT2D eigenvalue weighted by molar-refractivity contribution is 5.67. The van der Waals surface area contributed by atoms with Crippen molar-refractivity contribution in [2.24, 2.45) is 0 Å². The fourth-order valence-electron chi connectivity index (χ4n) is 3.29. The molecule has 2 aromatic rings. The van der Waals surface area contributed by atoms with Gasteiger partial charge in [-0.1, -0.05) is 17.3 Å². The number of ether oxygens (including phenoxy) is 2. The summed E-state index contributed by atoms with van der Waals surface area (Å²) in [6, 6.07) is 7.61. The van der Waals surface area contributed by atoms with E-state index in [1.54, 1.807) is 18.7 Å². The van der Waals surface area contributed by atoms with E-state index in [1.165, 1.54) is 0 Å². The molecule has 1 aromatic carbocycles. The maximum atomic E-state index is 12.0. The summed E-state index contributed by atoms with van der Waals surface area (Å²) >= 11 is 0. The number of hydrogen-bond donors (Lipinski definition) is 2. The van der Waals surface area contributed by atoms with Crippen LogP contribution in [0.1, 0.15) is 56.7 Å². The van der Waals surface area contributed by atoms with E-state index >= 15 is 0 Å². The fourth-order valence-corrected chi connectivity index (χ4v) is 3.29. The molecule has 1 amide bonds. The molecule has 0 aliphatic heterocycles. The third-order valence-corrected chi connectivity index (χ3v) is 4.62. The van der Waals surface area contributed by atoms with Crippen molar-refractivity contribution >= 4 is 6.09 Å². The summed E-state index contributed by atoms with van der Waals surface area (Å²) in [6.07, 6.45) is -0.0710. The molecule has 0 spiro atoms. The van der Waals surface area contributed by atoms with Gasteiger partial charge in [-0.25, -0.2) is 9.48 Å². The van der Waals surface area contributed by atoms with Crippen molar-refractivity contribution < 1.29 is 19.4 Å². The lowest BCUT2D eigenvalue weighted by atomic mass is 9.85. The summed E-state index contributed by atoms with van der Waals surface area (Å²) in [5, 5.41) is 22.0. The number of fused-ring (bicyclic) bond motifs is 1. The van der Waals surface area contributed by atoms with Crippen LogP contribution in [0.2, 0.25) is 0 Å². The molecule has 0 fully saturated rings. The molecule has 1 aliphatic rings. The van der Waals surface area contributed by atoms with Crippen molar-refractivity contribution in [2.45, 2.75) is 57.9 Å². The lowest BCUT2D eigenvalue weighted by Gasteiger charge is -2.32. The van der Waals surface area contributed by atoms with E-state index in [9.17, 15) is 9.90 Å². The van der Waals surface area contributed by atoms with Crippen molar-refractivity contribution in [3.8, 4) is 5.75 Å². The summed E-state index contributed by atoms with van der Waals surface area (Å²) in [6.45, 7) is 5.92. The highest BCUT2D eigenvalue weighted by Gasteiger charge is 2.41. The van der Waals surface area contributed by atoms with Gasteiger partial charge in [0.15, 0.2) is 0 Å². The van der Waals surface area contributed by atoms with E-state index in [2.05, 4.69) is 15.6 Å². The van der Waals surface area contributed by atoms with Gasteiger partial charge < -0.3 is 19.9 Å². The third kappa shape index (κ3) is 4.21. The largest absolute Gasteiger partial charge is 0.497 e. The van der Waals surface area contributed by atoms with Gasteiger partial charge in [-0.3, -0.25) is 0 Å². The molecule has 3 rings (SSSR count). The average molecular weight is 374 g/mol. The topological polar surface area (TPSA) is 98.5 Å². The summed E-state index contributed by atoms with van der Waals surface area (Å²) in [7, 11) is 1.62. The van der Waals surface area contributed by atoms with Gasteiger partial charge in [-0.2, -0.15) is 0 Å². The van der Waals surface area contributed by atoms with E-state index in [-0.39, 0.29) is 6.04 Å². The summed E-state index contributed by atoms with van der Waals surface area (Å²) < 4.78 is 12.4. The molecule has 0 saturated heterocycles. The van der Waals surface area contributed by atoms with Gasteiger partial charge in [0.1, 0.15) is 23.1 Å². The smallest absolute Gasteiger partial charge is 0.408 e. The van der Waals surface area contributed by atoms with E-state index in [4.69, 9.17) is 9.47 Å². The van der Waals surface area contributed by atoms with Crippen molar-refractivity contribution in [3.05, 3.63) is 41.2 Å². The Bertz CT molecular complexity index is 799. The monoisotopic (exact) mass is 374 g/mol. The van der Waals surface area contributed by atoms with Crippen LogP contribution >= 0.6 is 0 Å². The molecule has 2 atom stereocenters. The van der Waals surface area contributed by atoms with Gasteiger partial charge in [-0.05, 0) is 51.3 Å². The molecule has 1 heterocycles. The molecule has 146 valence electrons. The maximum Gasteiger partial charge on any atom is 0.408 e. The van der Waals surface area contributed by atoms with E-state index in [0.717, 1.165) is 11.3 Å². The first-order valence-corrected chi connectivity index (χ1v) is 9.06. The zero-order valence-corrected chi connectivity index (χ0v) is 16.1. The standard InChI is InChI=1S/C19H26N4O4/c1-12(2)20-18(24)27-15-9-10-19(3,25)17-16(15)21-22-23(17)11-13-5-7-14(26-4)8-6-13/h5-8,12,15,25H,9-11H2,1-4H3,(H,20,24)/t15-,19-/m1/s1. The molecule has 27 heavy (non-hydrogen) atoms. The number of nitrogens with zero attached hydrogens (tertiary/aromatic N) is 3. The SMILES string of the molecule is COc1ccc(Cn2nnc3c2[C@](C)(O)CC[C@H]3OC(=O)NC(C)C)cc1. The minimum absolute atomic E-state index is 0.0191. The Balaban J connectivity index is 1.84. The summed E-state index contributed by atoms with van der Waals surface area (Å²) in [5.41, 5.74) is 1.02. The van der Waals surface area contributed by atoms with Crippen molar-refractivity contribution in [2.75, 3.05) is 7.11 Å². The van der Waals surface area contributed by atoms with Gasteiger partial charge in [0.05, 0.1) is 19.3 Å². The number of amides is 1. The molecule has 0 bridgehead atoms. The Morgan fingerprint density at radius 2 is 2.11 bits per heavy atom. The zero-order chi connectivity index (χ0) is 19.6. The first-order valence-electron chi connectivity index (χ1n) is 9.06. The lowest BCUT2D eigenvalue weighted by Crippen LogP contribution is -2.36. The second-order valence-corrected chi connectivity index (χ2v) is 7.33. The van der Waals surface area contributed by atoms with Gasteiger partial charge in [-0.15, -0.1) is 5.10 Å². The van der Waals surface area contributed by atoms with E-state index < -0.39 is 17.8 Å². The molecular formula is C19H26N4O4. The van der Waals surface area contributed by atoms with Crippen molar-refractivity contribution in [1.29, 1.82) is 0 Å². The summed E-state index contributed by atoms with van der Waals surface area (Å²) in [5.74, 6) is 0.774. The Kier molecular flexibility index (Phi) is 5.36. The highest BCUT2D eigenvalue weighted by atomic mass is 16.6. The number of benzene rings is 1. The normalized spacial score (nSPS) is 21.6. The lowest BCUT2D eigenvalue weighted by molar-refractivity contribution is -0.00428. The second-order valence-electron chi connectivity index (χ2n) is 7.33.